The first-order chi connectivity index (χ1) is 14.5. The second-order valence-corrected chi connectivity index (χ2v) is 7.11. The van der Waals surface area contributed by atoms with Crippen LogP contribution in [-0.4, -0.2) is 16.9 Å². The van der Waals surface area contributed by atoms with Gasteiger partial charge in [-0.3, -0.25) is 9.59 Å². The highest BCUT2D eigenvalue weighted by Crippen LogP contribution is 2.29. The predicted molar refractivity (Wildman–Crippen MR) is 112 cm³/mol. The van der Waals surface area contributed by atoms with Gasteiger partial charge in [0.1, 0.15) is 18.2 Å². The van der Waals surface area contributed by atoms with Crippen molar-refractivity contribution in [2.45, 2.75) is 32.3 Å². The normalized spacial score (nSPS) is 11.7. The van der Waals surface area contributed by atoms with Crippen LogP contribution in [0.3, 0.4) is 0 Å². The Balaban J connectivity index is 1.82. The molecular formula is C25H23FO4. The Morgan fingerprint density at radius 3 is 2.47 bits per heavy atom. The van der Waals surface area contributed by atoms with Crippen LogP contribution in [0.2, 0.25) is 0 Å². The number of carboxylic acid groups (broad SMARTS) is 1. The molecule has 30 heavy (non-hydrogen) atoms. The van der Waals surface area contributed by atoms with Crippen LogP contribution in [0, 0.1) is 12.7 Å². The number of hydrogen-bond donors (Lipinski definition) is 1. The number of Topliss-reactive ketones (excluding diaryl/α,β-unsaturated/α-hetero) is 1. The van der Waals surface area contributed by atoms with Gasteiger partial charge in [0.2, 0.25) is 0 Å². The summed E-state index contributed by atoms with van der Waals surface area (Å²) in [6.45, 7) is 1.95. The zero-order valence-electron chi connectivity index (χ0n) is 16.7. The van der Waals surface area contributed by atoms with Crippen molar-refractivity contribution in [2.75, 3.05) is 0 Å². The van der Waals surface area contributed by atoms with E-state index in [0.29, 0.717) is 16.9 Å². The van der Waals surface area contributed by atoms with E-state index in [0.717, 1.165) is 11.1 Å². The minimum absolute atomic E-state index is 0.0462. The zero-order chi connectivity index (χ0) is 21.5. The smallest absolute Gasteiger partial charge is 0.303 e. The molecule has 1 N–H and O–H groups in total. The largest absolute Gasteiger partial charge is 0.489 e. The lowest BCUT2D eigenvalue weighted by atomic mass is 9.85. The van der Waals surface area contributed by atoms with Gasteiger partial charge in [-0.05, 0) is 42.7 Å². The van der Waals surface area contributed by atoms with Crippen molar-refractivity contribution in [3.8, 4) is 5.75 Å². The van der Waals surface area contributed by atoms with E-state index in [-0.39, 0.29) is 31.0 Å². The van der Waals surface area contributed by atoms with Crippen molar-refractivity contribution in [1.82, 2.24) is 0 Å². The molecule has 0 bridgehead atoms. The maximum atomic E-state index is 13.8. The zero-order valence-corrected chi connectivity index (χ0v) is 16.7. The Kier molecular flexibility index (Phi) is 6.96. The van der Waals surface area contributed by atoms with E-state index in [1.165, 1.54) is 6.07 Å². The van der Waals surface area contributed by atoms with Gasteiger partial charge in [-0.1, -0.05) is 54.6 Å². The van der Waals surface area contributed by atoms with Crippen LogP contribution in [0.15, 0.2) is 72.8 Å². The van der Waals surface area contributed by atoms with Crippen molar-refractivity contribution >= 4 is 11.8 Å². The van der Waals surface area contributed by atoms with Gasteiger partial charge in [-0.15, -0.1) is 0 Å². The molecule has 0 aliphatic heterocycles. The molecule has 0 aliphatic carbocycles. The molecule has 3 aromatic rings. The monoisotopic (exact) mass is 406 g/mol. The molecule has 0 radical (unpaired) electrons. The van der Waals surface area contributed by atoms with Gasteiger partial charge in [0.05, 0.1) is 0 Å². The maximum Gasteiger partial charge on any atom is 0.303 e. The SMILES string of the molecule is Cc1ccccc1C(CCC(=O)O)C(=O)c1cccc(OCc2ccccc2F)c1. The van der Waals surface area contributed by atoms with Gasteiger partial charge < -0.3 is 9.84 Å². The molecule has 0 spiro atoms. The summed E-state index contributed by atoms with van der Waals surface area (Å²) in [6.07, 6.45) is 0.105. The predicted octanol–water partition coefficient (Wildman–Crippen LogP) is 5.54. The molecule has 0 saturated heterocycles. The van der Waals surface area contributed by atoms with Crippen molar-refractivity contribution in [3.05, 3.63) is 101 Å². The molecule has 1 unspecified atom stereocenters. The van der Waals surface area contributed by atoms with E-state index in [9.17, 15) is 14.0 Å². The van der Waals surface area contributed by atoms with Crippen LogP contribution in [-0.2, 0) is 11.4 Å². The number of hydrogen-bond acceptors (Lipinski definition) is 3. The summed E-state index contributed by atoms with van der Waals surface area (Å²) < 4.78 is 19.5. The second-order valence-electron chi connectivity index (χ2n) is 7.11. The number of halogens is 1. The highest BCUT2D eigenvalue weighted by Gasteiger charge is 2.24. The van der Waals surface area contributed by atoms with Gasteiger partial charge in [-0.25, -0.2) is 4.39 Å². The molecule has 1 atom stereocenters. The average molecular weight is 406 g/mol. The molecule has 0 fully saturated rings. The fraction of sp³-hybridized carbons (Fsp3) is 0.200. The molecule has 0 aliphatic rings. The number of ether oxygens (including phenoxy) is 1. The highest BCUT2D eigenvalue weighted by atomic mass is 19.1. The summed E-state index contributed by atoms with van der Waals surface area (Å²) >= 11 is 0. The summed E-state index contributed by atoms with van der Waals surface area (Å²) in [4.78, 5) is 24.4. The number of aryl methyl sites for hydroxylation is 1. The van der Waals surface area contributed by atoms with E-state index in [2.05, 4.69) is 0 Å². The summed E-state index contributed by atoms with van der Waals surface area (Å²) in [5.74, 6) is -1.57. The highest BCUT2D eigenvalue weighted by molar-refractivity contribution is 6.01. The lowest BCUT2D eigenvalue weighted by Gasteiger charge is -2.18. The minimum atomic E-state index is -0.941. The minimum Gasteiger partial charge on any atom is -0.489 e. The average Bonchev–Trinajstić information content (AvgIpc) is 2.74. The van der Waals surface area contributed by atoms with Crippen LogP contribution in [0.5, 0.6) is 5.75 Å². The third-order valence-electron chi connectivity index (χ3n) is 5.00. The van der Waals surface area contributed by atoms with Gasteiger partial charge in [-0.2, -0.15) is 0 Å². The number of aliphatic carboxylic acids is 1. The number of rotatable bonds is 9. The molecule has 0 amide bonds. The molecule has 154 valence electrons. The first-order valence-electron chi connectivity index (χ1n) is 9.73. The Hall–Kier alpha value is -3.47. The third kappa shape index (κ3) is 5.32. The van der Waals surface area contributed by atoms with Gasteiger partial charge in [0, 0.05) is 23.5 Å². The number of carbonyl (C=O) groups is 2. The fourth-order valence-corrected chi connectivity index (χ4v) is 3.39. The molecule has 0 heterocycles. The molecule has 0 aromatic heterocycles. The molecule has 3 rings (SSSR count). The van der Waals surface area contributed by atoms with E-state index in [1.54, 1.807) is 42.5 Å². The van der Waals surface area contributed by atoms with Gasteiger partial charge in [0.15, 0.2) is 5.78 Å². The van der Waals surface area contributed by atoms with E-state index >= 15 is 0 Å². The second kappa shape index (κ2) is 9.83. The molecular weight excluding hydrogens is 383 g/mol. The number of carbonyl (C=O) groups excluding carboxylic acids is 1. The van der Waals surface area contributed by atoms with Gasteiger partial charge in [0.25, 0.3) is 0 Å². The maximum absolute atomic E-state index is 13.8. The Bertz CT molecular complexity index is 1040. The quantitative estimate of drug-likeness (QED) is 0.474. The van der Waals surface area contributed by atoms with E-state index in [4.69, 9.17) is 9.84 Å². The molecule has 4 nitrogen and oxygen atoms in total. The summed E-state index contributed by atoms with van der Waals surface area (Å²) in [7, 11) is 0. The third-order valence-corrected chi connectivity index (χ3v) is 5.00. The first-order valence-corrected chi connectivity index (χ1v) is 9.73. The van der Waals surface area contributed by atoms with Crippen LogP contribution in [0.4, 0.5) is 4.39 Å². The van der Waals surface area contributed by atoms with Crippen LogP contribution >= 0.6 is 0 Å². The van der Waals surface area contributed by atoms with Crippen molar-refractivity contribution < 1.29 is 23.8 Å². The first kappa shape index (κ1) is 21.2. The van der Waals surface area contributed by atoms with Crippen molar-refractivity contribution in [2.24, 2.45) is 0 Å². The summed E-state index contributed by atoms with van der Waals surface area (Å²) in [6, 6.07) is 20.6. The van der Waals surface area contributed by atoms with Gasteiger partial charge >= 0.3 is 5.97 Å². The van der Waals surface area contributed by atoms with Crippen molar-refractivity contribution in [1.29, 1.82) is 0 Å². The van der Waals surface area contributed by atoms with Crippen LogP contribution in [0.25, 0.3) is 0 Å². The number of ketones is 1. The lowest BCUT2D eigenvalue weighted by Crippen LogP contribution is -2.16. The molecule has 0 saturated carbocycles. The summed E-state index contributed by atoms with van der Waals surface area (Å²) in [5.41, 5.74) is 2.61. The number of carboxylic acids is 1. The Morgan fingerprint density at radius 2 is 1.73 bits per heavy atom. The fourth-order valence-electron chi connectivity index (χ4n) is 3.39. The van der Waals surface area contributed by atoms with Crippen LogP contribution in [0.1, 0.15) is 45.8 Å². The van der Waals surface area contributed by atoms with E-state index < -0.39 is 11.9 Å². The molecule has 3 aromatic carbocycles. The standard InChI is InChI=1S/C25H23FO4/c1-17-7-2-4-11-21(17)22(13-14-24(27)28)25(29)18-9-6-10-20(15-18)30-16-19-8-3-5-12-23(19)26/h2-12,15,22H,13-14,16H2,1H3,(H,27,28). The Morgan fingerprint density at radius 1 is 1.00 bits per heavy atom. The van der Waals surface area contributed by atoms with Crippen molar-refractivity contribution in [3.63, 3.8) is 0 Å². The summed E-state index contributed by atoms with van der Waals surface area (Å²) in [5, 5.41) is 9.11. The topological polar surface area (TPSA) is 63.6 Å². The van der Waals surface area contributed by atoms with Crippen LogP contribution < -0.4 is 4.74 Å². The molecule has 5 heteroatoms. The number of benzene rings is 3. The van der Waals surface area contributed by atoms with E-state index in [1.807, 2.05) is 31.2 Å². The Labute approximate surface area is 174 Å². The lowest BCUT2D eigenvalue weighted by molar-refractivity contribution is -0.137.